The van der Waals surface area contributed by atoms with E-state index in [9.17, 15) is 4.79 Å². The Balaban J connectivity index is 1.16. The van der Waals surface area contributed by atoms with E-state index in [1.54, 1.807) is 0 Å². The number of likely N-dealkylation sites (tertiary alicyclic amines) is 1. The molecule has 1 aliphatic carbocycles. The van der Waals surface area contributed by atoms with Crippen molar-refractivity contribution in [3.8, 4) is 0 Å². The summed E-state index contributed by atoms with van der Waals surface area (Å²) in [5, 5.41) is 3.28. The van der Waals surface area contributed by atoms with Crippen molar-refractivity contribution in [2.75, 3.05) is 13.1 Å². The van der Waals surface area contributed by atoms with Gasteiger partial charge in [0, 0.05) is 37.6 Å². The zero-order valence-corrected chi connectivity index (χ0v) is 16.1. The van der Waals surface area contributed by atoms with E-state index in [0.29, 0.717) is 18.0 Å². The van der Waals surface area contributed by atoms with Crippen molar-refractivity contribution in [3.05, 3.63) is 30.1 Å². The van der Waals surface area contributed by atoms with E-state index in [-0.39, 0.29) is 12.1 Å². The monoisotopic (exact) mass is 383 g/mol. The number of amides is 2. The fourth-order valence-corrected chi connectivity index (χ4v) is 4.92. The van der Waals surface area contributed by atoms with Crippen LogP contribution in [0.4, 0.5) is 4.79 Å². The first-order valence-electron chi connectivity index (χ1n) is 10.5. The molecule has 8 heteroatoms. The van der Waals surface area contributed by atoms with Gasteiger partial charge >= 0.3 is 6.03 Å². The Morgan fingerprint density at radius 2 is 2.07 bits per heavy atom. The van der Waals surface area contributed by atoms with E-state index < -0.39 is 0 Å². The number of hydrazine groups is 2. The zero-order chi connectivity index (χ0) is 18.9. The number of aromatic amines is 1. The second-order valence-electron chi connectivity index (χ2n) is 8.45. The highest BCUT2D eigenvalue weighted by molar-refractivity contribution is 5.75. The summed E-state index contributed by atoms with van der Waals surface area (Å²) in [7, 11) is 0. The van der Waals surface area contributed by atoms with E-state index in [1.807, 2.05) is 23.1 Å². The predicted molar refractivity (Wildman–Crippen MR) is 107 cm³/mol. The van der Waals surface area contributed by atoms with Gasteiger partial charge in [-0.05, 0) is 50.2 Å². The van der Waals surface area contributed by atoms with Gasteiger partial charge in [0.25, 0.3) is 0 Å². The number of carbonyl (C=O) groups excluding carboxylic acids is 1. The average molecular weight is 384 g/mol. The predicted octanol–water partition coefficient (Wildman–Crippen LogP) is 1.43. The highest BCUT2D eigenvalue weighted by Crippen LogP contribution is 2.23. The van der Waals surface area contributed by atoms with Gasteiger partial charge in [0.2, 0.25) is 0 Å². The molecule has 2 aliphatic heterocycles. The first-order valence-corrected chi connectivity index (χ1v) is 10.5. The number of para-hydroxylation sites is 2. The Labute approximate surface area is 164 Å². The minimum atomic E-state index is 0.0941. The Bertz CT molecular complexity index is 804. The molecule has 4 atom stereocenters. The van der Waals surface area contributed by atoms with Gasteiger partial charge in [-0.2, -0.15) is 5.53 Å². The summed E-state index contributed by atoms with van der Waals surface area (Å²) in [4.78, 5) is 23.0. The number of hydrogen-bond donors (Lipinski definition) is 5. The molecule has 28 heavy (non-hydrogen) atoms. The zero-order valence-electron chi connectivity index (χ0n) is 16.1. The van der Waals surface area contributed by atoms with Crippen molar-refractivity contribution in [2.24, 2.45) is 5.92 Å². The topological polar surface area (TPSA) is 97.1 Å². The molecule has 1 aromatic heterocycles. The molecule has 5 N–H and O–H groups in total. The number of piperidine rings is 1. The van der Waals surface area contributed by atoms with Gasteiger partial charge in [0.05, 0.1) is 11.0 Å². The van der Waals surface area contributed by atoms with Gasteiger partial charge in [-0.25, -0.2) is 20.6 Å². The van der Waals surface area contributed by atoms with Gasteiger partial charge in [0.15, 0.2) is 0 Å². The standard InChI is InChI=1S/C20H29N7O/c28-20(21-14-7-8-17-18(11-14)25-26-24-17)27-9-3-4-13(12-27)10-19-22-15-5-1-2-6-16(15)23-19/h1-2,5-6,13-14,17-18,24-26H,3-4,7-12H2,(H,21,28)(H,22,23). The summed E-state index contributed by atoms with van der Waals surface area (Å²) in [6.45, 7) is 1.66. The lowest BCUT2D eigenvalue weighted by molar-refractivity contribution is 0.157. The molecule has 2 saturated heterocycles. The molecule has 150 valence electrons. The fourth-order valence-electron chi connectivity index (χ4n) is 4.92. The molecule has 4 unspecified atom stereocenters. The number of nitrogens with zero attached hydrogens (tertiary/aromatic N) is 2. The molecule has 5 rings (SSSR count). The lowest BCUT2D eigenvalue weighted by Gasteiger charge is -2.36. The van der Waals surface area contributed by atoms with Crippen LogP contribution in [-0.4, -0.2) is 52.1 Å². The highest BCUT2D eigenvalue weighted by atomic mass is 16.2. The number of imidazole rings is 1. The van der Waals surface area contributed by atoms with Crippen LogP contribution in [0.1, 0.15) is 37.9 Å². The number of fused-ring (bicyclic) bond motifs is 2. The summed E-state index contributed by atoms with van der Waals surface area (Å²) in [5.41, 5.74) is 11.6. The van der Waals surface area contributed by atoms with Gasteiger partial charge in [-0.3, -0.25) is 0 Å². The Kier molecular flexibility index (Phi) is 4.92. The average Bonchev–Trinajstić information content (AvgIpc) is 3.33. The van der Waals surface area contributed by atoms with Crippen LogP contribution < -0.4 is 21.7 Å². The molecular formula is C20H29N7O. The maximum absolute atomic E-state index is 12.8. The van der Waals surface area contributed by atoms with Crippen molar-refractivity contribution in [2.45, 2.75) is 56.7 Å². The van der Waals surface area contributed by atoms with Crippen molar-refractivity contribution in [1.82, 2.24) is 36.6 Å². The number of urea groups is 1. The molecule has 1 saturated carbocycles. The summed E-state index contributed by atoms with van der Waals surface area (Å²) in [6, 6.07) is 9.34. The van der Waals surface area contributed by atoms with Gasteiger partial charge in [0.1, 0.15) is 5.82 Å². The first-order chi connectivity index (χ1) is 13.7. The maximum atomic E-state index is 12.8. The third kappa shape index (κ3) is 3.72. The van der Waals surface area contributed by atoms with Crippen molar-refractivity contribution < 1.29 is 4.79 Å². The number of H-pyrrole nitrogens is 1. The normalized spacial score (nSPS) is 30.4. The van der Waals surface area contributed by atoms with Crippen LogP contribution in [0.5, 0.6) is 0 Å². The molecule has 3 aliphatic rings. The second kappa shape index (κ2) is 7.69. The van der Waals surface area contributed by atoms with Crippen LogP contribution >= 0.6 is 0 Å². The number of rotatable bonds is 3. The molecule has 8 nitrogen and oxygen atoms in total. The first kappa shape index (κ1) is 17.9. The van der Waals surface area contributed by atoms with E-state index in [2.05, 4.69) is 32.8 Å². The third-order valence-corrected chi connectivity index (χ3v) is 6.42. The summed E-state index contributed by atoms with van der Waals surface area (Å²) in [6.07, 6.45) is 6.17. The van der Waals surface area contributed by atoms with Gasteiger partial charge in [-0.15, -0.1) is 0 Å². The Morgan fingerprint density at radius 1 is 1.18 bits per heavy atom. The van der Waals surface area contributed by atoms with Crippen LogP contribution in [0.2, 0.25) is 0 Å². The maximum Gasteiger partial charge on any atom is 0.317 e. The Morgan fingerprint density at radius 3 is 3.00 bits per heavy atom. The third-order valence-electron chi connectivity index (χ3n) is 6.42. The Hall–Kier alpha value is -2.16. The quantitative estimate of drug-likeness (QED) is 0.553. The molecule has 3 heterocycles. The molecule has 0 bridgehead atoms. The van der Waals surface area contributed by atoms with Crippen molar-refractivity contribution in [3.63, 3.8) is 0 Å². The van der Waals surface area contributed by atoms with Crippen molar-refractivity contribution >= 4 is 17.1 Å². The highest BCUT2D eigenvalue weighted by Gasteiger charge is 2.35. The number of aromatic nitrogens is 2. The van der Waals surface area contributed by atoms with Crippen LogP contribution in [0.25, 0.3) is 11.0 Å². The summed E-state index contributed by atoms with van der Waals surface area (Å²) >= 11 is 0. The fraction of sp³-hybridized carbons (Fsp3) is 0.600. The second-order valence-corrected chi connectivity index (χ2v) is 8.45. The summed E-state index contributed by atoms with van der Waals surface area (Å²) in [5.74, 6) is 1.49. The van der Waals surface area contributed by atoms with Gasteiger partial charge < -0.3 is 15.2 Å². The molecule has 2 aromatic rings. The minimum Gasteiger partial charge on any atom is -0.342 e. The molecule has 1 aromatic carbocycles. The lowest BCUT2D eigenvalue weighted by Crippen LogP contribution is -2.53. The number of nitrogens with one attached hydrogen (secondary N) is 5. The molecule has 0 spiro atoms. The molecule has 3 fully saturated rings. The molecular weight excluding hydrogens is 354 g/mol. The largest absolute Gasteiger partial charge is 0.342 e. The number of carbonyl (C=O) groups is 1. The number of hydrogen-bond acceptors (Lipinski definition) is 5. The minimum absolute atomic E-state index is 0.0941. The SMILES string of the molecule is O=C(NC1CCC2NNNC2C1)N1CCCC(Cc2nc3ccccc3[nH]2)C1. The van der Waals surface area contributed by atoms with E-state index in [4.69, 9.17) is 4.98 Å². The van der Waals surface area contributed by atoms with E-state index in [1.165, 1.54) is 0 Å². The van der Waals surface area contributed by atoms with Crippen LogP contribution in [0.15, 0.2) is 24.3 Å². The summed E-state index contributed by atoms with van der Waals surface area (Å²) < 4.78 is 0. The van der Waals surface area contributed by atoms with Crippen LogP contribution in [0.3, 0.4) is 0 Å². The van der Waals surface area contributed by atoms with Gasteiger partial charge in [-0.1, -0.05) is 12.1 Å². The lowest BCUT2D eigenvalue weighted by atomic mass is 9.88. The smallest absolute Gasteiger partial charge is 0.317 e. The van der Waals surface area contributed by atoms with Crippen molar-refractivity contribution in [1.29, 1.82) is 0 Å². The molecule has 2 amide bonds. The van der Waals surface area contributed by atoms with E-state index >= 15 is 0 Å². The van der Waals surface area contributed by atoms with Crippen LogP contribution in [0, 0.1) is 5.92 Å². The van der Waals surface area contributed by atoms with E-state index in [0.717, 1.165) is 68.5 Å². The number of benzene rings is 1. The molecule has 0 radical (unpaired) electrons. The van der Waals surface area contributed by atoms with Crippen LogP contribution in [-0.2, 0) is 6.42 Å².